The number of hydrogen-bond acceptors (Lipinski definition) is 2. The Morgan fingerprint density at radius 3 is 2.31 bits per heavy atom. The van der Waals surface area contributed by atoms with Crippen LogP contribution in [-0.4, -0.2) is 37.0 Å². The van der Waals surface area contributed by atoms with Crippen LogP contribution in [0.25, 0.3) is 0 Å². The minimum absolute atomic E-state index is 0.313. The number of carbonyl (C=O) groups excluding carboxylic acids is 1. The maximum atomic E-state index is 12.2. The first-order valence-corrected chi connectivity index (χ1v) is 6.69. The maximum absolute atomic E-state index is 12.2. The molecule has 0 aromatic rings. The summed E-state index contributed by atoms with van der Waals surface area (Å²) in [7, 11) is 1.97. The van der Waals surface area contributed by atoms with Crippen LogP contribution in [-0.2, 0) is 4.79 Å². The van der Waals surface area contributed by atoms with Crippen LogP contribution >= 0.6 is 0 Å². The van der Waals surface area contributed by atoms with Gasteiger partial charge in [0.25, 0.3) is 0 Å². The average molecular weight is 224 g/mol. The minimum Gasteiger partial charge on any atom is -0.340 e. The van der Waals surface area contributed by atoms with E-state index in [1.165, 1.54) is 19.3 Å². The van der Waals surface area contributed by atoms with Gasteiger partial charge in [0.05, 0.1) is 6.04 Å². The van der Waals surface area contributed by atoms with Gasteiger partial charge in [-0.15, -0.1) is 0 Å². The molecule has 0 atom stereocenters. The Balaban J connectivity index is 1.81. The normalized spacial score (nSPS) is 30.9. The van der Waals surface area contributed by atoms with Crippen molar-refractivity contribution >= 4 is 5.91 Å². The van der Waals surface area contributed by atoms with E-state index in [4.69, 9.17) is 0 Å². The molecule has 1 saturated heterocycles. The second-order valence-electron chi connectivity index (χ2n) is 5.39. The first kappa shape index (κ1) is 11.9. The zero-order valence-corrected chi connectivity index (χ0v) is 10.5. The molecule has 0 radical (unpaired) electrons. The molecule has 2 fully saturated rings. The van der Waals surface area contributed by atoms with E-state index >= 15 is 0 Å². The van der Waals surface area contributed by atoms with Gasteiger partial charge in [0.15, 0.2) is 0 Å². The summed E-state index contributed by atoms with van der Waals surface area (Å²) in [6, 6.07) is 0.455. The fourth-order valence-electron chi connectivity index (χ4n) is 2.83. The number of rotatable bonds is 3. The third-order valence-corrected chi connectivity index (χ3v) is 4.43. The quantitative estimate of drug-likeness (QED) is 0.790. The molecule has 3 nitrogen and oxygen atoms in total. The summed E-state index contributed by atoms with van der Waals surface area (Å²) in [6.45, 7) is 4.22. The van der Waals surface area contributed by atoms with Gasteiger partial charge in [-0.05, 0) is 31.6 Å². The third kappa shape index (κ3) is 2.40. The molecule has 1 saturated carbocycles. The van der Waals surface area contributed by atoms with Crippen LogP contribution in [0.15, 0.2) is 0 Å². The van der Waals surface area contributed by atoms with Gasteiger partial charge in [-0.2, -0.15) is 0 Å². The van der Waals surface area contributed by atoms with Crippen molar-refractivity contribution in [2.24, 2.45) is 11.8 Å². The number of nitrogens with one attached hydrogen (secondary N) is 1. The zero-order chi connectivity index (χ0) is 11.5. The van der Waals surface area contributed by atoms with E-state index in [0.717, 1.165) is 31.8 Å². The van der Waals surface area contributed by atoms with Crippen molar-refractivity contribution < 1.29 is 4.79 Å². The van der Waals surface area contributed by atoms with Gasteiger partial charge in [0, 0.05) is 26.1 Å². The van der Waals surface area contributed by atoms with Crippen LogP contribution in [0.5, 0.6) is 0 Å². The van der Waals surface area contributed by atoms with E-state index in [1.807, 2.05) is 11.9 Å². The standard InChI is InChI=1S/C13H24N2O/c1-3-10-4-6-11(7-5-10)13(16)15(2)12-8-14-9-12/h10-12,14H,3-9H2,1-2H3. The molecule has 1 aliphatic heterocycles. The fraction of sp³-hybridized carbons (Fsp3) is 0.923. The molecular formula is C13H24N2O. The number of hydrogen-bond donors (Lipinski definition) is 1. The third-order valence-electron chi connectivity index (χ3n) is 4.43. The summed E-state index contributed by atoms with van der Waals surface area (Å²) in [5, 5.41) is 3.22. The molecule has 0 aromatic heterocycles. The smallest absolute Gasteiger partial charge is 0.225 e. The fourth-order valence-corrected chi connectivity index (χ4v) is 2.83. The molecule has 0 aromatic carbocycles. The van der Waals surface area contributed by atoms with Crippen molar-refractivity contribution in [3.8, 4) is 0 Å². The molecule has 0 unspecified atom stereocenters. The molecule has 92 valence electrons. The lowest BCUT2D eigenvalue weighted by atomic mass is 9.80. The molecule has 0 bridgehead atoms. The van der Waals surface area contributed by atoms with Gasteiger partial charge in [0.1, 0.15) is 0 Å². The van der Waals surface area contributed by atoms with Crippen molar-refractivity contribution in [2.45, 2.75) is 45.1 Å². The van der Waals surface area contributed by atoms with E-state index in [1.54, 1.807) is 0 Å². The summed E-state index contributed by atoms with van der Waals surface area (Å²) in [6.07, 6.45) is 6.01. The van der Waals surface area contributed by atoms with E-state index in [2.05, 4.69) is 12.2 Å². The number of carbonyl (C=O) groups is 1. The Kier molecular flexibility index (Phi) is 3.85. The van der Waals surface area contributed by atoms with Crippen LogP contribution in [0.1, 0.15) is 39.0 Å². The van der Waals surface area contributed by atoms with Gasteiger partial charge >= 0.3 is 0 Å². The monoisotopic (exact) mass is 224 g/mol. The Labute approximate surface area is 98.6 Å². The second-order valence-corrected chi connectivity index (χ2v) is 5.39. The van der Waals surface area contributed by atoms with Gasteiger partial charge < -0.3 is 10.2 Å². The zero-order valence-electron chi connectivity index (χ0n) is 10.5. The van der Waals surface area contributed by atoms with Crippen LogP contribution in [0.4, 0.5) is 0 Å². The van der Waals surface area contributed by atoms with E-state index in [-0.39, 0.29) is 0 Å². The molecular weight excluding hydrogens is 200 g/mol. The number of likely N-dealkylation sites (N-methyl/N-ethyl adjacent to an activating group) is 1. The largest absolute Gasteiger partial charge is 0.340 e. The molecule has 2 aliphatic rings. The highest BCUT2D eigenvalue weighted by Gasteiger charge is 2.32. The van der Waals surface area contributed by atoms with E-state index < -0.39 is 0 Å². The molecule has 2 rings (SSSR count). The van der Waals surface area contributed by atoms with Gasteiger partial charge in [0.2, 0.25) is 5.91 Å². The van der Waals surface area contributed by atoms with Crippen molar-refractivity contribution in [1.82, 2.24) is 10.2 Å². The van der Waals surface area contributed by atoms with Crippen molar-refractivity contribution in [2.75, 3.05) is 20.1 Å². The highest BCUT2D eigenvalue weighted by Crippen LogP contribution is 2.31. The Hall–Kier alpha value is -0.570. The van der Waals surface area contributed by atoms with Crippen LogP contribution in [0.2, 0.25) is 0 Å². The van der Waals surface area contributed by atoms with Crippen LogP contribution in [0.3, 0.4) is 0 Å². The summed E-state index contributed by atoms with van der Waals surface area (Å²) >= 11 is 0. The maximum Gasteiger partial charge on any atom is 0.225 e. The Morgan fingerprint density at radius 2 is 1.88 bits per heavy atom. The minimum atomic E-state index is 0.313. The van der Waals surface area contributed by atoms with Gasteiger partial charge in [-0.1, -0.05) is 13.3 Å². The molecule has 3 heteroatoms. The van der Waals surface area contributed by atoms with Crippen molar-refractivity contribution in [1.29, 1.82) is 0 Å². The SMILES string of the molecule is CCC1CCC(C(=O)N(C)C2CNC2)CC1. The molecule has 1 N–H and O–H groups in total. The molecule has 0 spiro atoms. The molecule has 16 heavy (non-hydrogen) atoms. The van der Waals surface area contributed by atoms with Gasteiger partial charge in [-0.3, -0.25) is 4.79 Å². The molecule has 1 amide bonds. The first-order valence-electron chi connectivity index (χ1n) is 6.69. The second kappa shape index (κ2) is 5.17. The Bertz CT molecular complexity index is 242. The van der Waals surface area contributed by atoms with E-state index in [9.17, 15) is 4.79 Å². The van der Waals surface area contributed by atoms with Crippen LogP contribution in [0, 0.1) is 11.8 Å². The molecule has 1 aliphatic carbocycles. The molecule has 1 heterocycles. The Morgan fingerprint density at radius 1 is 1.25 bits per heavy atom. The van der Waals surface area contributed by atoms with Gasteiger partial charge in [-0.25, -0.2) is 0 Å². The summed E-state index contributed by atoms with van der Waals surface area (Å²) in [5.41, 5.74) is 0. The van der Waals surface area contributed by atoms with Crippen molar-refractivity contribution in [3.05, 3.63) is 0 Å². The van der Waals surface area contributed by atoms with E-state index in [0.29, 0.717) is 17.9 Å². The van der Waals surface area contributed by atoms with Crippen molar-refractivity contribution in [3.63, 3.8) is 0 Å². The topological polar surface area (TPSA) is 32.3 Å². The lowest BCUT2D eigenvalue weighted by Gasteiger charge is -2.38. The predicted octanol–water partition coefficient (Wildman–Crippen LogP) is 1.63. The summed E-state index contributed by atoms with van der Waals surface area (Å²) in [4.78, 5) is 14.2. The highest BCUT2D eigenvalue weighted by atomic mass is 16.2. The summed E-state index contributed by atoms with van der Waals surface area (Å²) in [5.74, 6) is 1.58. The lowest BCUT2D eigenvalue weighted by molar-refractivity contribution is -0.138. The first-order chi connectivity index (χ1) is 7.72. The highest BCUT2D eigenvalue weighted by molar-refractivity contribution is 5.79. The lowest BCUT2D eigenvalue weighted by Crippen LogP contribution is -2.58. The van der Waals surface area contributed by atoms with Crippen LogP contribution < -0.4 is 5.32 Å². The number of amides is 1. The predicted molar refractivity (Wildman–Crippen MR) is 65.2 cm³/mol. The number of nitrogens with zero attached hydrogens (tertiary/aromatic N) is 1. The summed E-state index contributed by atoms with van der Waals surface area (Å²) < 4.78 is 0. The average Bonchev–Trinajstić information content (AvgIpc) is 2.26.